The van der Waals surface area contributed by atoms with Gasteiger partial charge in [-0.05, 0) is 74.6 Å². The molecule has 0 saturated carbocycles. The summed E-state index contributed by atoms with van der Waals surface area (Å²) in [5.41, 5.74) is 7.03. The molecule has 0 spiro atoms. The van der Waals surface area contributed by atoms with Gasteiger partial charge in [0, 0.05) is 35.4 Å². The average molecular weight is 476 g/mol. The van der Waals surface area contributed by atoms with Crippen molar-refractivity contribution >= 4 is 23.2 Å². The summed E-state index contributed by atoms with van der Waals surface area (Å²) in [6, 6.07) is 13.1. The average Bonchev–Trinajstić information content (AvgIpc) is 3.50. The van der Waals surface area contributed by atoms with E-state index in [1.54, 1.807) is 5.57 Å². The molecule has 1 aliphatic carbocycles. The van der Waals surface area contributed by atoms with E-state index in [1.165, 1.54) is 52.5 Å². The van der Waals surface area contributed by atoms with Crippen molar-refractivity contribution in [3.05, 3.63) is 64.1 Å². The summed E-state index contributed by atoms with van der Waals surface area (Å²) in [5.74, 6) is 1.44. The van der Waals surface area contributed by atoms with E-state index in [0.717, 1.165) is 51.7 Å². The Balaban J connectivity index is 0.000000215. The van der Waals surface area contributed by atoms with Crippen LogP contribution in [0.1, 0.15) is 72.1 Å². The number of para-hydroxylation sites is 1. The second-order valence-electron chi connectivity index (χ2n) is 9.28. The van der Waals surface area contributed by atoms with Crippen LogP contribution in [0.25, 0.3) is 0 Å². The van der Waals surface area contributed by atoms with E-state index < -0.39 is 0 Å². The Labute approximate surface area is 211 Å². The van der Waals surface area contributed by atoms with E-state index in [4.69, 9.17) is 10.3 Å². The molecule has 1 aromatic carbocycles. The van der Waals surface area contributed by atoms with Crippen molar-refractivity contribution in [1.29, 1.82) is 5.26 Å². The summed E-state index contributed by atoms with van der Waals surface area (Å²) < 4.78 is 0. The smallest absolute Gasteiger partial charge is 0.0746 e. The van der Waals surface area contributed by atoms with E-state index in [2.05, 4.69) is 74.2 Å². The normalized spacial score (nSPS) is 17.6. The molecular formula is C30H41N3S. The van der Waals surface area contributed by atoms with Gasteiger partial charge in [-0.15, -0.1) is 11.8 Å². The quantitative estimate of drug-likeness (QED) is 0.343. The van der Waals surface area contributed by atoms with Crippen LogP contribution >= 0.6 is 11.8 Å². The number of anilines is 1. The maximum atomic E-state index is 9.07. The Morgan fingerprint density at radius 2 is 1.85 bits per heavy atom. The fourth-order valence-electron chi connectivity index (χ4n) is 4.75. The molecule has 1 aromatic rings. The summed E-state index contributed by atoms with van der Waals surface area (Å²) in [4.78, 5) is 8.70. The first kappa shape index (κ1) is 26.4. The van der Waals surface area contributed by atoms with Gasteiger partial charge in [0.25, 0.3) is 0 Å². The van der Waals surface area contributed by atoms with Crippen LogP contribution in [0.15, 0.2) is 69.1 Å². The lowest BCUT2D eigenvalue weighted by molar-refractivity contribution is 0.584. The summed E-state index contributed by atoms with van der Waals surface area (Å²) in [5, 5.41) is 9.07. The van der Waals surface area contributed by atoms with Crippen LogP contribution in [-0.2, 0) is 0 Å². The maximum absolute atomic E-state index is 9.07. The lowest BCUT2D eigenvalue weighted by Crippen LogP contribution is -2.24. The van der Waals surface area contributed by atoms with Crippen molar-refractivity contribution in [3.63, 3.8) is 0 Å². The van der Waals surface area contributed by atoms with E-state index >= 15 is 0 Å². The Morgan fingerprint density at radius 3 is 2.53 bits per heavy atom. The number of rotatable bonds is 10. The molecule has 0 fully saturated rings. The van der Waals surface area contributed by atoms with Crippen molar-refractivity contribution in [2.75, 3.05) is 30.3 Å². The Hall–Kier alpha value is -2.25. The predicted molar refractivity (Wildman–Crippen MR) is 150 cm³/mol. The van der Waals surface area contributed by atoms with Gasteiger partial charge in [0.1, 0.15) is 0 Å². The first-order valence-corrected chi connectivity index (χ1v) is 14.2. The van der Waals surface area contributed by atoms with E-state index in [-0.39, 0.29) is 5.92 Å². The summed E-state index contributed by atoms with van der Waals surface area (Å²) in [6.45, 7) is 9.82. The molecule has 0 aromatic heterocycles. The van der Waals surface area contributed by atoms with Crippen LogP contribution < -0.4 is 4.90 Å². The molecule has 182 valence electrons. The molecule has 1 unspecified atom stereocenters. The maximum Gasteiger partial charge on any atom is 0.0746 e. The van der Waals surface area contributed by atoms with Crippen LogP contribution in [-0.4, -0.2) is 31.1 Å². The van der Waals surface area contributed by atoms with Gasteiger partial charge in [0.15, 0.2) is 0 Å². The number of hydrogen-bond acceptors (Lipinski definition) is 4. The summed E-state index contributed by atoms with van der Waals surface area (Å²) >= 11 is 1.99. The van der Waals surface area contributed by atoms with Crippen LogP contribution in [0.3, 0.4) is 0 Å². The van der Waals surface area contributed by atoms with Crippen molar-refractivity contribution < 1.29 is 0 Å². The number of hydrogen-bond donors (Lipinski definition) is 0. The number of thioether (sulfide) groups is 1. The van der Waals surface area contributed by atoms with Gasteiger partial charge in [-0.3, -0.25) is 4.99 Å². The molecular weight excluding hydrogens is 434 g/mol. The predicted octanol–water partition coefficient (Wildman–Crippen LogP) is 8.12. The van der Waals surface area contributed by atoms with Crippen molar-refractivity contribution in [2.45, 2.75) is 72.1 Å². The number of nitrogens with zero attached hydrogens (tertiary/aromatic N) is 3. The van der Waals surface area contributed by atoms with Gasteiger partial charge in [-0.25, -0.2) is 0 Å². The first-order chi connectivity index (χ1) is 16.7. The SMILES string of the molecule is CCC(C#N)CCC1=CCCC(C2=NCC3=C2SCC3)=C1.CCCN(CCC)c1ccccc1. The lowest BCUT2D eigenvalue weighted by Gasteiger charge is -2.23. The van der Waals surface area contributed by atoms with Gasteiger partial charge >= 0.3 is 0 Å². The molecule has 0 N–H and O–H groups in total. The molecule has 0 amide bonds. The Kier molecular flexibility index (Phi) is 11.0. The fraction of sp³-hybridized carbons (Fsp3) is 0.533. The van der Waals surface area contributed by atoms with Gasteiger partial charge in [-0.1, -0.05) is 56.7 Å². The van der Waals surface area contributed by atoms with E-state index in [1.807, 2.05) is 11.8 Å². The summed E-state index contributed by atoms with van der Waals surface area (Å²) in [6.07, 6.45) is 13.6. The van der Waals surface area contributed by atoms with Gasteiger partial charge < -0.3 is 4.90 Å². The highest BCUT2D eigenvalue weighted by Crippen LogP contribution is 2.40. The monoisotopic (exact) mass is 475 g/mol. The third-order valence-electron chi connectivity index (χ3n) is 6.66. The van der Waals surface area contributed by atoms with Crippen molar-refractivity contribution in [2.24, 2.45) is 10.9 Å². The van der Waals surface area contributed by atoms with Gasteiger partial charge in [0.05, 0.1) is 18.3 Å². The second-order valence-corrected chi connectivity index (χ2v) is 10.4. The number of benzene rings is 1. The van der Waals surface area contributed by atoms with Crippen LogP contribution in [0.4, 0.5) is 5.69 Å². The summed E-state index contributed by atoms with van der Waals surface area (Å²) in [7, 11) is 0. The molecule has 1 atom stereocenters. The van der Waals surface area contributed by atoms with Crippen molar-refractivity contribution in [1.82, 2.24) is 0 Å². The molecule has 4 rings (SSSR count). The highest BCUT2D eigenvalue weighted by molar-refractivity contribution is 8.04. The minimum absolute atomic E-state index is 0.202. The topological polar surface area (TPSA) is 39.4 Å². The van der Waals surface area contributed by atoms with Crippen LogP contribution in [0, 0.1) is 17.2 Å². The highest BCUT2D eigenvalue weighted by atomic mass is 32.2. The highest BCUT2D eigenvalue weighted by Gasteiger charge is 2.27. The number of nitriles is 1. The van der Waals surface area contributed by atoms with E-state index in [0.29, 0.717) is 0 Å². The largest absolute Gasteiger partial charge is 0.372 e. The Morgan fingerprint density at radius 1 is 1.09 bits per heavy atom. The molecule has 2 heterocycles. The minimum atomic E-state index is 0.202. The first-order valence-electron chi connectivity index (χ1n) is 13.2. The third-order valence-corrected chi connectivity index (χ3v) is 7.84. The third kappa shape index (κ3) is 7.37. The standard InChI is InChI=1S/C18H22N2S.C12H19N/c1-2-13(11-19)6-7-14-4-3-5-15(10-14)17-18-16(12-20-17)8-9-21-18;1-3-10-13(11-4-2)12-8-6-5-7-9-12/h4,10,13H,2-3,5-9,12H2,1H3;5-9H,3-4,10-11H2,1-2H3. The molecule has 0 saturated heterocycles. The molecule has 3 aliphatic rings. The zero-order chi connectivity index (χ0) is 24.2. The molecule has 0 bridgehead atoms. The van der Waals surface area contributed by atoms with Crippen molar-refractivity contribution in [3.8, 4) is 6.07 Å². The van der Waals surface area contributed by atoms with Gasteiger partial charge in [-0.2, -0.15) is 5.26 Å². The molecule has 2 aliphatic heterocycles. The van der Waals surface area contributed by atoms with E-state index in [9.17, 15) is 0 Å². The molecule has 3 nitrogen and oxygen atoms in total. The molecule has 4 heteroatoms. The number of aliphatic imine (C=N–C) groups is 1. The zero-order valence-corrected chi connectivity index (χ0v) is 22.2. The fourth-order valence-corrected chi connectivity index (χ4v) is 6.01. The van der Waals surface area contributed by atoms with Crippen LogP contribution in [0.5, 0.6) is 0 Å². The van der Waals surface area contributed by atoms with Gasteiger partial charge in [0.2, 0.25) is 0 Å². The molecule has 0 radical (unpaired) electrons. The minimum Gasteiger partial charge on any atom is -0.372 e. The second kappa shape index (κ2) is 14.2. The van der Waals surface area contributed by atoms with Crippen LogP contribution in [0.2, 0.25) is 0 Å². The lowest BCUT2D eigenvalue weighted by atomic mass is 9.91. The number of allylic oxidation sites excluding steroid dienone is 5. The Bertz CT molecular complexity index is 943. The zero-order valence-electron chi connectivity index (χ0n) is 21.4. The molecule has 34 heavy (non-hydrogen) atoms.